The number of benzene rings is 2. The summed E-state index contributed by atoms with van der Waals surface area (Å²) in [6, 6.07) is 14.3. The van der Waals surface area contributed by atoms with Crippen LogP contribution in [0.5, 0.6) is 5.75 Å². The monoisotopic (exact) mass is 385 g/mol. The number of anilines is 2. The number of hydrogen-bond donors (Lipinski definition) is 3. The highest BCUT2D eigenvalue weighted by molar-refractivity contribution is 5.98. The molecule has 2 aromatic carbocycles. The maximum Gasteiger partial charge on any atom is 0.251 e. The number of carbonyl (C=O) groups is 2. The number of amides is 2. The molecule has 28 heavy (non-hydrogen) atoms. The lowest BCUT2D eigenvalue weighted by atomic mass is 10.2. The summed E-state index contributed by atoms with van der Waals surface area (Å²) >= 11 is 0. The largest absolute Gasteiger partial charge is 0.492 e. The predicted octanol–water partition coefficient (Wildman–Crippen LogP) is 2.90. The van der Waals surface area contributed by atoms with Gasteiger partial charge in [0.1, 0.15) is 5.75 Å². The number of methoxy groups -OCH3 is 1. The van der Waals surface area contributed by atoms with Crippen molar-refractivity contribution in [2.24, 2.45) is 0 Å². The van der Waals surface area contributed by atoms with E-state index in [0.717, 1.165) is 12.1 Å². The van der Waals surface area contributed by atoms with Crippen molar-refractivity contribution >= 4 is 23.2 Å². The van der Waals surface area contributed by atoms with Crippen LogP contribution in [0, 0.1) is 0 Å². The molecule has 7 nitrogen and oxygen atoms in total. The molecule has 0 saturated carbocycles. The summed E-state index contributed by atoms with van der Waals surface area (Å²) in [4.78, 5) is 24.4. The third kappa shape index (κ3) is 6.92. The van der Waals surface area contributed by atoms with Gasteiger partial charge in [0.25, 0.3) is 5.91 Å². The Morgan fingerprint density at radius 3 is 2.68 bits per heavy atom. The lowest BCUT2D eigenvalue weighted by molar-refractivity contribution is -0.114. The van der Waals surface area contributed by atoms with Crippen LogP contribution in [0.25, 0.3) is 0 Å². The highest BCUT2D eigenvalue weighted by Crippen LogP contribution is 2.23. The van der Waals surface area contributed by atoms with Crippen molar-refractivity contribution in [2.75, 3.05) is 44.0 Å². The van der Waals surface area contributed by atoms with Crippen LogP contribution in [0.15, 0.2) is 48.5 Å². The Kier molecular flexibility index (Phi) is 8.81. The normalized spacial score (nSPS) is 10.2. The average Bonchev–Trinajstić information content (AvgIpc) is 2.71. The zero-order valence-electron chi connectivity index (χ0n) is 16.3. The van der Waals surface area contributed by atoms with E-state index >= 15 is 0 Å². The van der Waals surface area contributed by atoms with Gasteiger partial charge >= 0.3 is 0 Å². The highest BCUT2D eigenvalue weighted by atomic mass is 16.5. The molecule has 2 amide bonds. The first-order valence-electron chi connectivity index (χ1n) is 9.26. The smallest absolute Gasteiger partial charge is 0.251 e. The molecule has 0 aliphatic carbocycles. The lowest BCUT2D eigenvalue weighted by Crippen LogP contribution is -2.25. The minimum atomic E-state index is -0.219. The molecule has 0 saturated heterocycles. The van der Waals surface area contributed by atoms with Crippen LogP contribution in [0.3, 0.4) is 0 Å². The van der Waals surface area contributed by atoms with E-state index in [-0.39, 0.29) is 18.4 Å². The molecule has 0 fully saturated rings. The Bertz CT molecular complexity index is 780. The first-order valence-corrected chi connectivity index (χ1v) is 9.26. The molecule has 0 aliphatic rings. The van der Waals surface area contributed by atoms with Gasteiger partial charge in [-0.25, -0.2) is 0 Å². The summed E-state index contributed by atoms with van der Waals surface area (Å²) in [5.41, 5.74) is 1.81. The van der Waals surface area contributed by atoms with Gasteiger partial charge in [-0.05, 0) is 43.7 Å². The summed E-state index contributed by atoms with van der Waals surface area (Å²) < 4.78 is 10.5. The van der Waals surface area contributed by atoms with Gasteiger partial charge in [0, 0.05) is 31.5 Å². The van der Waals surface area contributed by atoms with Gasteiger partial charge < -0.3 is 25.4 Å². The summed E-state index contributed by atoms with van der Waals surface area (Å²) in [7, 11) is 1.62. The van der Waals surface area contributed by atoms with Crippen molar-refractivity contribution < 1.29 is 19.1 Å². The molecule has 2 aromatic rings. The molecule has 0 bridgehead atoms. The van der Waals surface area contributed by atoms with Crippen LogP contribution >= 0.6 is 0 Å². The van der Waals surface area contributed by atoms with E-state index in [4.69, 9.17) is 9.47 Å². The van der Waals surface area contributed by atoms with Crippen molar-refractivity contribution in [3.8, 4) is 5.75 Å². The van der Waals surface area contributed by atoms with E-state index in [1.165, 1.54) is 0 Å². The molecular weight excluding hydrogens is 358 g/mol. The maximum atomic E-state index is 12.3. The van der Waals surface area contributed by atoms with Gasteiger partial charge in [0.2, 0.25) is 5.91 Å². The van der Waals surface area contributed by atoms with Crippen LogP contribution in [0.1, 0.15) is 23.7 Å². The molecule has 0 atom stereocenters. The van der Waals surface area contributed by atoms with Crippen molar-refractivity contribution in [2.45, 2.75) is 13.3 Å². The van der Waals surface area contributed by atoms with Crippen molar-refractivity contribution in [3.05, 3.63) is 54.1 Å². The minimum absolute atomic E-state index is 0.0809. The Hall–Kier alpha value is -3.06. The summed E-state index contributed by atoms with van der Waals surface area (Å²) in [6.45, 7) is 3.66. The Morgan fingerprint density at radius 1 is 1.07 bits per heavy atom. The van der Waals surface area contributed by atoms with Crippen molar-refractivity contribution in [1.29, 1.82) is 0 Å². The summed E-state index contributed by atoms with van der Waals surface area (Å²) in [5, 5.41) is 8.68. The number of nitrogens with one attached hydrogen (secondary N) is 3. The van der Waals surface area contributed by atoms with Gasteiger partial charge in [-0.15, -0.1) is 0 Å². The standard InChI is InChI=1S/C21H27N3O4/c1-3-28-19-11-5-4-10-18(19)23-15-20(25)24-17-9-6-8-16(14-17)21(26)22-12-7-13-27-2/h4-6,8-11,14,23H,3,7,12-13,15H2,1-2H3,(H,22,26)(H,24,25). The molecule has 0 aromatic heterocycles. The number of rotatable bonds is 11. The molecule has 2 rings (SSSR count). The molecule has 0 aliphatic heterocycles. The minimum Gasteiger partial charge on any atom is -0.492 e. The summed E-state index contributed by atoms with van der Waals surface area (Å²) in [6.07, 6.45) is 0.744. The molecular formula is C21H27N3O4. The molecule has 150 valence electrons. The molecule has 3 N–H and O–H groups in total. The van der Waals surface area contributed by atoms with Crippen molar-refractivity contribution in [1.82, 2.24) is 5.32 Å². The highest BCUT2D eigenvalue weighted by Gasteiger charge is 2.09. The molecule has 7 heteroatoms. The Labute approximate surface area is 165 Å². The zero-order chi connectivity index (χ0) is 20.2. The third-order valence-corrected chi connectivity index (χ3v) is 3.85. The van der Waals surface area contributed by atoms with E-state index in [1.54, 1.807) is 31.4 Å². The Morgan fingerprint density at radius 2 is 1.89 bits per heavy atom. The van der Waals surface area contributed by atoms with Crippen LogP contribution in [0.2, 0.25) is 0 Å². The van der Waals surface area contributed by atoms with Gasteiger partial charge in [0.05, 0.1) is 18.8 Å². The molecule has 0 radical (unpaired) electrons. The van der Waals surface area contributed by atoms with Gasteiger partial charge in [0.15, 0.2) is 0 Å². The number of hydrogen-bond acceptors (Lipinski definition) is 5. The molecule has 0 unspecified atom stereocenters. The first kappa shape index (κ1) is 21.2. The second-order valence-corrected chi connectivity index (χ2v) is 6.01. The quantitative estimate of drug-likeness (QED) is 0.518. The number of carbonyl (C=O) groups excluding carboxylic acids is 2. The third-order valence-electron chi connectivity index (χ3n) is 3.85. The zero-order valence-corrected chi connectivity index (χ0v) is 16.3. The predicted molar refractivity (Wildman–Crippen MR) is 110 cm³/mol. The second-order valence-electron chi connectivity index (χ2n) is 6.01. The van der Waals surface area contributed by atoms with E-state index < -0.39 is 0 Å². The van der Waals surface area contributed by atoms with Gasteiger partial charge in [-0.1, -0.05) is 18.2 Å². The number of ether oxygens (including phenoxy) is 2. The second kappa shape index (κ2) is 11.6. The topological polar surface area (TPSA) is 88.7 Å². The maximum absolute atomic E-state index is 12.3. The van der Waals surface area contributed by atoms with Crippen LogP contribution in [0.4, 0.5) is 11.4 Å². The van der Waals surface area contributed by atoms with Gasteiger partial charge in [-0.2, -0.15) is 0 Å². The summed E-state index contributed by atoms with van der Waals surface area (Å²) in [5.74, 6) is 0.296. The van der Waals surface area contributed by atoms with Crippen LogP contribution in [-0.4, -0.2) is 45.2 Å². The van der Waals surface area contributed by atoms with Gasteiger partial charge in [-0.3, -0.25) is 9.59 Å². The van der Waals surface area contributed by atoms with Crippen molar-refractivity contribution in [3.63, 3.8) is 0 Å². The van der Waals surface area contributed by atoms with Crippen LogP contribution < -0.4 is 20.7 Å². The SMILES string of the molecule is CCOc1ccccc1NCC(=O)Nc1cccc(C(=O)NCCCOC)c1. The average molecular weight is 385 g/mol. The fourth-order valence-corrected chi connectivity index (χ4v) is 2.53. The van der Waals surface area contributed by atoms with E-state index in [9.17, 15) is 9.59 Å². The lowest BCUT2D eigenvalue weighted by Gasteiger charge is -2.12. The Balaban J connectivity index is 1.88. The molecule has 0 heterocycles. The fourth-order valence-electron chi connectivity index (χ4n) is 2.53. The fraction of sp³-hybridized carbons (Fsp3) is 0.333. The van der Waals surface area contributed by atoms with E-state index in [0.29, 0.717) is 36.8 Å². The molecule has 0 spiro atoms. The first-order chi connectivity index (χ1) is 13.6. The van der Waals surface area contributed by atoms with Crippen LogP contribution in [-0.2, 0) is 9.53 Å². The van der Waals surface area contributed by atoms with E-state index in [1.807, 2.05) is 31.2 Å². The number of para-hydroxylation sites is 2. The van der Waals surface area contributed by atoms with E-state index in [2.05, 4.69) is 16.0 Å².